The Morgan fingerprint density at radius 1 is 1.13 bits per heavy atom. The van der Waals surface area contributed by atoms with Crippen LogP contribution in [0.15, 0.2) is 60.9 Å². The van der Waals surface area contributed by atoms with E-state index in [4.69, 9.17) is 0 Å². The highest BCUT2D eigenvalue weighted by atomic mass is 16.2. The summed E-state index contributed by atoms with van der Waals surface area (Å²) in [6.07, 6.45) is 3.48. The van der Waals surface area contributed by atoms with Crippen LogP contribution in [0.2, 0.25) is 0 Å². The second-order valence-electron chi connectivity index (χ2n) is 7.80. The molecule has 0 unspecified atom stereocenters. The Labute approximate surface area is 181 Å². The SMILES string of the molecule is CN(C)CCNCc1cccc(Cn2cc(NC(=O)c3n[nH]c4ccccc34)cn2)c1. The van der Waals surface area contributed by atoms with Gasteiger partial charge in [0, 0.05) is 31.2 Å². The Kier molecular flexibility index (Phi) is 6.40. The van der Waals surface area contributed by atoms with Crippen LogP contribution >= 0.6 is 0 Å². The highest BCUT2D eigenvalue weighted by Crippen LogP contribution is 2.17. The Balaban J connectivity index is 1.36. The third-order valence-electron chi connectivity index (χ3n) is 4.98. The molecule has 0 aliphatic carbocycles. The van der Waals surface area contributed by atoms with Gasteiger partial charge in [-0.3, -0.25) is 14.6 Å². The molecule has 3 N–H and O–H groups in total. The summed E-state index contributed by atoms with van der Waals surface area (Å²) in [6, 6.07) is 16.0. The van der Waals surface area contributed by atoms with E-state index < -0.39 is 0 Å². The lowest BCUT2D eigenvalue weighted by Gasteiger charge is -2.11. The topological polar surface area (TPSA) is 90.9 Å². The molecular weight excluding hydrogens is 390 g/mol. The van der Waals surface area contributed by atoms with E-state index in [-0.39, 0.29) is 5.91 Å². The number of anilines is 1. The first kappa shape index (κ1) is 20.8. The van der Waals surface area contributed by atoms with Crippen molar-refractivity contribution in [3.05, 3.63) is 77.7 Å². The predicted molar refractivity (Wildman–Crippen MR) is 122 cm³/mol. The van der Waals surface area contributed by atoms with Crippen molar-refractivity contribution in [1.82, 2.24) is 30.2 Å². The average Bonchev–Trinajstić information content (AvgIpc) is 3.38. The van der Waals surface area contributed by atoms with E-state index >= 15 is 0 Å². The number of aromatic nitrogens is 4. The molecule has 0 aliphatic heterocycles. The van der Waals surface area contributed by atoms with Gasteiger partial charge in [0.25, 0.3) is 5.91 Å². The lowest BCUT2D eigenvalue weighted by Crippen LogP contribution is -2.26. The van der Waals surface area contributed by atoms with E-state index in [9.17, 15) is 4.79 Å². The van der Waals surface area contributed by atoms with E-state index in [2.05, 4.69) is 69.2 Å². The minimum Gasteiger partial charge on any atom is -0.318 e. The molecular formula is C23H27N7O. The van der Waals surface area contributed by atoms with E-state index in [1.54, 1.807) is 6.20 Å². The Morgan fingerprint density at radius 2 is 1.97 bits per heavy atom. The van der Waals surface area contributed by atoms with Crippen LogP contribution in [0, 0.1) is 0 Å². The lowest BCUT2D eigenvalue weighted by molar-refractivity contribution is 0.102. The van der Waals surface area contributed by atoms with Crippen molar-refractivity contribution >= 4 is 22.5 Å². The summed E-state index contributed by atoms with van der Waals surface area (Å²) in [5.41, 5.74) is 4.24. The molecule has 1 amide bonds. The smallest absolute Gasteiger partial charge is 0.276 e. The van der Waals surface area contributed by atoms with E-state index in [0.717, 1.165) is 36.1 Å². The van der Waals surface area contributed by atoms with Crippen LogP contribution in [-0.4, -0.2) is 58.0 Å². The van der Waals surface area contributed by atoms with Crippen molar-refractivity contribution in [1.29, 1.82) is 0 Å². The standard InChI is InChI=1S/C23H27N7O/c1-29(2)11-10-24-13-17-6-5-7-18(12-17)15-30-16-19(14-25-30)26-23(31)22-20-8-3-4-9-21(20)27-28-22/h3-9,12,14,16,24H,10-11,13,15H2,1-2H3,(H,26,31)(H,27,28). The summed E-state index contributed by atoms with van der Waals surface area (Å²) in [5.74, 6) is -0.261. The maximum Gasteiger partial charge on any atom is 0.276 e. The first-order chi connectivity index (χ1) is 15.1. The summed E-state index contributed by atoms with van der Waals surface area (Å²) in [5, 5.41) is 18.5. The normalized spacial score (nSPS) is 11.3. The van der Waals surface area contributed by atoms with Crippen molar-refractivity contribution in [3.63, 3.8) is 0 Å². The van der Waals surface area contributed by atoms with Gasteiger partial charge in [-0.2, -0.15) is 10.2 Å². The second kappa shape index (κ2) is 9.55. The number of carbonyl (C=O) groups excluding carboxylic acids is 1. The number of nitrogens with one attached hydrogen (secondary N) is 3. The molecule has 2 aromatic heterocycles. The number of para-hydroxylation sites is 1. The highest BCUT2D eigenvalue weighted by molar-refractivity contribution is 6.10. The fraction of sp³-hybridized carbons (Fsp3) is 0.261. The fourth-order valence-electron chi connectivity index (χ4n) is 3.40. The van der Waals surface area contributed by atoms with Crippen LogP contribution in [0.4, 0.5) is 5.69 Å². The van der Waals surface area contributed by atoms with Crippen LogP contribution in [0.5, 0.6) is 0 Å². The minimum absolute atomic E-state index is 0.261. The first-order valence-electron chi connectivity index (χ1n) is 10.3. The number of amides is 1. The van der Waals surface area contributed by atoms with Gasteiger partial charge in [0.2, 0.25) is 0 Å². The zero-order valence-corrected chi connectivity index (χ0v) is 17.8. The summed E-state index contributed by atoms with van der Waals surface area (Å²) in [7, 11) is 4.14. The molecule has 0 fully saturated rings. The fourth-order valence-corrected chi connectivity index (χ4v) is 3.40. The molecule has 0 radical (unpaired) electrons. The second-order valence-corrected chi connectivity index (χ2v) is 7.80. The summed E-state index contributed by atoms with van der Waals surface area (Å²) in [6.45, 7) is 3.42. The molecule has 31 heavy (non-hydrogen) atoms. The van der Waals surface area contributed by atoms with Gasteiger partial charge >= 0.3 is 0 Å². The molecule has 8 nitrogen and oxygen atoms in total. The number of likely N-dealkylation sites (N-methyl/N-ethyl adjacent to an activating group) is 1. The number of carbonyl (C=O) groups is 1. The Morgan fingerprint density at radius 3 is 2.84 bits per heavy atom. The molecule has 2 aromatic carbocycles. The van der Waals surface area contributed by atoms with Crippen LogP contribution < -0.4 is 10.6 Å². The number of fused-ring (bicyclic) bond motifs is 1. The van der Waals surface area contributed by atoms with Gasteiger partial charge in [0.15, 0.2) is 5.69 Å². The number of rotatable bonds is 9. The van der Waals surface area contributed by atoms with E-state index in [1.807, 2.05) is 35.1 Å². The van der Waals surface area contributed by atoms with Gasteiger partial charge in [-0.1, -0.05) is 42.5 Å². The molecule has 0 saturated carbocycles. The number of hydrogen-bond donors (Lipinski definition) is 3. The molecule has 8 heteroatoms. The predicted octanol–water partition coefficient (Wildman–Crippen LogP) is 2.71. The lowest BCUT2D eigenvalue weighted by atomic mass is 10.1. The maximum absolute atomic E-state index is 12.6. The minimum atomic E-state index is -0.261. The van der Waals surface area contributed by atoms with Gasteiger partial charge in [0.1, 0.15) is 0 Å². The summed E-state index contributed by atoms with van der Waals surface area (Å²) >= 11 is 0. The van der Waals surface area contributed by atoms with Crippen molar-refractivity contribution in [2.45, 2.75) is 13.1 Å². The number of hydrogen-bond acceptors (Lipinski definition) is 5. The van der Waals surface area contributed by atoms with E-state index in [1.165, 1.54) is 5.56 Å². The third-order valence-corrected chi connectivity index (χ3v) is 4.98. The monoisotopic (exact) mass is 417 g/mol. The Bertz CT molecular complexity index is 1160. The third kappa shape index (κ3) is 5.36. The summed E-state index contributed by atoms with van der Waals surface area (Å²) in [4.78, 5) is 14.8. The molecule has 4 aromatic rings. The van der Waals surface area contributed by atoms with Gasteiger partial charge in [-0.05, 0) is 31.3 Å². The Hall–Kier alpha value is -3.49. The molecule has 4 rings (SSSR count). The van der Waals surface area contributed by atoms with Gasteiger partial charge in [0.05, 0.1) is 23.9 Å². The van der Waals surface area contributed by atoms with Crippen LogP contribution in [-0.2, 0) is 13.1 Å². The number of benzene rings is 2. The average molecular weight is 418 g/mol. The molecule has 0 aliphatic rings. The first-order valence-corrected chi connectivity index (χ1v) is 10.3. The van der Waals surface area contributed by atoms with Crippen molar-refractivity contribution in [2.24, 2.45) is 0 Å². The largest absolute Gasteiger partial charge is 0.318 e. The molecule has 0 bridgehead atoms. The van der Waals surface area contributed by atoms with Crippen molar-refractivity contribution < 1.29 is 4.79 Å². The molecule has 0 atom stereocenters. The quantitative estimate of drug-likeness (QED) is 0.364. The zero-order chi connectivity index (χ0) is 21.6. The van der Waals surface area contributed by atoms with E-state index in [0.29, 0.717) is 17.9 Å². The van der Waals surface area contributed by atoms with Crippen LogP contribution in [0.25, 0.3) is 10.9 Å². The highest BCUT2D eigenvalue weighted by Gasteiger charge is 2.14. The van der Waals surface area contributed by atoms with Crippen LogP contribution in [0.1, 0.15) is 21.6 Å². The van der Waals surface area contributed by atoms with Gasteiger partial charge in [-0.25, -0.2) is 0 Å². The number of nitrogens with zero attached hydrogens (tertiary/aromatic N) is 4. The van der Waals surface area contributed by atoms with Crippen LogP contribution in [0.3, 0.4) is 0 Å². The molecule has 160 valence electrons. The molecule has 2 heterocycles. The van der Waals surface area contributed by atoms with Gasteiger partial charge < -0.3 is 15.5 Å². The van der Waals surface area contributed by atoms with Gasteiger partial charge in [-0.15, -0.1) is 0 Å². The molecule has 0 spiro atoms. The number of H-pyrrole nitrogens is 1. The number of aromatic amines is 1. The maximum atomic E-state index is 12.6. The van der Waals surface area contributed by atoms with Crippen molar-refractivity contribution in [3.8, 4) is 0 Å². The summed E-state index contributed by atoms with van der Waals surface area (Å²) < 4.78 is 1.82. The molecule has 0 saturated heterocycles. The zero-order valence-electron chi connectivity index (χ0n) is 17.8. The van der Waals surface area contributed by atoms with Crippen molar-refractivity contribution in [2.75, 3.05) is 32.5 Å².